The van der Waals surface area contributed by atoms with E-state index >= 15 is 0 Å². The minimum absolute atomic E-state index is 0.0191. The van der Waals surface area contributed by atoms with Gasteiger partial charge in [-0.05, 0) is 141 Å². The van der Waals surface area contributed by atoms with Gasteiger partial charge in [-0.25, -0.2) is 0 Å². The number of anilines is 3. The number of ether oxygens (including phenoxy) is 5. The molecular formula is C58H66N4O9S. The Bertz CT molecular complexity index is 2830. The van der Waals surface area contributed by atoms with Gasteiger partial charge in [-0.15, -0.1) is 0 Å². The maximum atomic E-state index is 14.2. The zero-order valence-corrected chi connectivity index (χ0v) is 42.9. The molecule has 0 bridgehead atoms. The Balaban J connectivity index is 0.999. The van der Waals surface area contributed by atoms with E-state index < -0.39 is 5.97 Å². The van der Waals surface area contributed by atoms with Crippen LogP contribution in [0.1, 0.15) is 101 Å². The topological polar surface area (TPSA) is 140 Å². The average molecular weight is 995 g/mol. The number of fused-ring (bicyclic) bond motifs is 8. The largest absolute Gasteiger partial charge is 0.493 e. The summed E-state index contributed by atoms with van der Waals surface area (Å²) in [5.74, 6) is 1.51. The van der Waals surface area contributed by atoms with Gasteiger partial charge in [0.05, 0.1) is 44.2 Å². The molecule has 0 unspecified atom stereocenters. The van der Waals surface area contributed by atoms with Gasteiger partial charge in [0.1, 0.15) is 19.0 Å². The highest BCUT2D eigenvalue weighted by Crippen LogP contribution is 2.42. The number of aliphatic imine (C=N–C) groups is 1. The van der Waals surface area contributed by atoms with Gasteiger partial charge in [-0.1, -0.05) is 43.3 Å². The highest BCUT2D eigenvalue weighted by atomic mass is 32.2. The van der Waals surface area contributed by atoms with Crippen LogP contribution in [-0.4, -0.2) is 98.3 Å². The molecule has 0 fully saturated rings. The predicted molar refractivity (Wildman–Crippen MR) is 285 cm³/mol. The number of thioether (sulfide) groups is 1. The minimum atomic E-state index is -0.791. The number of carbonyl (C=O) groups excluding carboxylic acids is 2. The molecule has 13 nitrogen and oxygen atoms in total. The number of amides is 2. The number of carbonyl (C=O) groups is 3. The van der Waals surface area contributed by atoms with Crippen molar-refractivity contribution in [2.24, 2.45) is 4.99 Å². The monoisotopic (exact) mass is 994 g/mol. The van der Waals surface area contributed by atoms with Crippen LogP contribution in [0.25, 0.3) is 0 Å². The Morgan fingerprint density at radius 1 is 0.792 bits per heavy atom. The second-order valence-corrected chi connectivity index (χ2v) is 21.5. The number of carboxylic acids is 1. The van der Waals surface area contributed by atoms with Crippen molar-refractivity contribution in [1.82, 2.24) is 0 Å². The molecule has 9 rings (SSSR count). The SMILES string of the molecule is CCCOCCOCCN(CC(C)(C)SCCCC(=O)O)c1cc(COc2cc3c(cc2C)C(=O)N2c4ccccc4C[C@H]2C=N3)cc(COc2cc3c(cc2OC)C(=O)N2c4ccccc4C[C@H]2CC3)c1. The zero-order chi connectivity index (χ0) is 50.4. The number of benzene rings is 5. The molecule has 2 atom stereocenters. The fraction of sp³-hybridized carbons (Fsp3) is 0.414. The Morgan fingerprint density at radius 3 is 2.19 bits per heavy atom. The molecule has 5 aromatic carbocycles. The number of para-hydroxylation sites is 2. The lowest BCUT2D eigenvalue weighted by Gasteiger charge is -2.34. The first-order valence-electron chi connectivity index (χ1n) is 25.3. The molecule has 0 aliphatic carbocycles. The van der Waals surface area contributed by atoms with Gasteiger partial charge in [-0.3, -0.25) is 24.3 Å². The summed E-state index contributed by atoms with van der Waals surface area (Å²) >= 11 is 1.76. The molecule has 4 aliphatic heterocycles. The van der Waals surface area contributed by atoms with Crippen molar-refractivity contribution < 1.29 is 43.2 Å². The quantitative estimate of drug-likeness (QED) is 0.0626. The molecule has 0 saturated heterocycles. The number of aryl methyl sites for hydroxylation is 2. The van der Waals surface area contributed by atoms with Crippen LogP contribution in [0.3, 0.4) is 0 Å². The third kappa shape index (κ3) is 11.5. The molecule has 0 saturated carbocycles. The van der Waals surface area contributed by atoms with E-state index in [9.17, 15) is 19.5 Å². The molecule has 0 aromatic heterocycles. The number of nitrogens with zero attached hydrogens (tertiary/aromatic N) is 4. The lowest BCUT2D eigenvalue weighted by Crippen LogP contribution is -2.39. The van der Waals surface area contributed by atoms with E-state index in [0.29, 0.717) is 85.8 Å². The third-order valence-electron chi connectivity index (χ3n) is 13.8. The second kappa shape index (κ2) is 22.6. The van der Waals surface area contributed by atoms with Crippen molar-refractivity contribution in [3.63, 3.8) is 0 Å². The summed E-state index contributed by atoms with van der Waals surface area (Å²) in [5, 5.41) is 9.32. The van der Waals surface area contributed by atoms with Gasteiger partial charge in [0.25, 0.3) is 11.8 Å². The molecule has 5 aromatic rings. The Labute approximate surface area is 427 Å². The summed E-state index contributed by atoms with van der Waals surface area (Å²) in [5.41, 5.74) is 10.5. The molecular weight excluding hydrogens is 929 g/mol. The van der Waals surface area contributed by atoms with E-state index in [-0.39, 0.29) is 48.3 Å². The van der Waals surface area contributed by atoms with Gasteiger partial charge in [0, 0.05) is 78.2 Å². The first kappa shape index (κ1) is 50.6. The maximum absolute atomic E-state index is 14.2. The van der Waals surface area contributed by atoms with Crippen LogP contribution in [-0.2, 0) is 46.7 Å². The summed E-state index contributed by atoms with van der Waals surface area (Å²) in [4.78, 5) is 50.7. The summed E-state index contributed by atoms with van der Waals surface area (Å²) < 4.78 is 30.8. The molecule has 14 heteroatoms. The number of aliphatic carboxylic acids is 1. The highest BCUT2D eigenvalue weighted by Gasteiger charge is 2.39. The van der Waals surface area contributed by atoms with E-state index in [1.54, 1.807) is 18.9 Å². The number of carboxylic acid groups (broad SMARTS) is 1. The van der Waals surface area contributed by atoms with Crippen molar-refractivity contribution in [1.29, 1.82) is 0 Å². The van der Waals surface area contributed by atoms with Gasteiger partial charge in [0.15, 0.2) is 11.5 Å². The maximum Gasteiger partial charge on any atom is 0.303 e. The van der Waals surface area contributed by atoms with Crippen molar-refractivity contribution >= 4 is 58.5 Å². The van der Waals surface area contributed by atoms with E-state index in [2.05, 4.69) is 56.0 Å². The minimum Gasteiger partial charge on any atom is -0.493 e. The number of rotatable bonds is 23. The van der Waals surface area contributed by atoms with Crippen LogP contribution < -0.4 is 28.9 Å². The predicted octanol–water partition coefficient (Wildman–Crippen LogP) is 10.6. The van der Waals surface area contributed by atoms with Crippen molar-refractivity contribution in [3.05, 3.63) is 136 Å². The molecule has 378 valence electrons. The van der Waals surface area contributed by atoms with Crippen LogP contribution in [0.4, 0.5) is 22.7 Å². The summed E-state index contributed by atoms with van der Waals surface area (Å²) in [6.45, 7) is 12.2. The van der Waals surface area contributed by atoms with Gasteiger partial charge >= 0.3 is 5.97 Å². The second-order valence-electron chi connectivity index (χ2n) is 19.7. The van der Waals surface area contributed by atoms with Crippen LogP contribution in [0.15, 0.2) is 96.0 Å². The molecule has 4 heterocycles. The molecule has 4 aliphatic rings. The standard InChI is InChI=1S/C58H66N4O9S/c1-6-20-68-22-23-69-21-19-60(37-58(3,4)72-24-11-16-55(63)64)45-27-39(35-70-52-33-49-48(25-38(52)2)57(66)62-46(34-59-49)30-43-13-8-10-15-51(43)62)26-40(28-45)36-71-54-31-41-17-18-44-29-42-12-7-9-14-50(42)61(44)56(65)47(41)32-53(54)67-5/h7-10,12-15,25-28,31-34,44,46H,6,11,16-24,29-30,35-37H2,1-5H3,(H,63,64)/t44-,46+/m1/s1. The first-order valence-corrected chi connectivity index (χ1v) is 26.3. The Morgan fingerprint density at radius 2 is 1.47 bits per heavy atom. The molecule has 0 radical (unpaired) electrons. The first-order chi connectivity index (χ1) is 34.9. The normalized spacial score (nSPS) is 16.5. The lowest BCUT2D eigenvalue weighted by atomic mass is 9.99. The van der Waals surface area contributed by atoms with Crippen LogP contribution in [0.5, 0.6) is 17.2 Å². The summed E-state index contributed by atoms with van der Waals surface area (Å²) in [7, 11) is 1.60. The third-order valence-corrected chi connectivity index (χ3v) is 15.2. The Kier molecular flexibility index (Phi) is 15.9. The van der Waals surface area contributed by atoms with E-state index in [0.717, 1.165) is 77.0 Å². The van der Waals surface area contributed by atoms with Gasteiger partial charge < -0.3 is 38.6 Å². The summed E-state index contributed by atoms with van der Waals surface area (Å²) in [6, 6.07) is 30.1. The highest BCUT2D eigenvalue weighted by molar-refractivity contribution is 8.00. The number of hydrogen-bond acceptors (Lipinski definition) is 11. The van der Waals surface area contributed by atoms with E-state index in [1.807, 2.05) is 83.6 Å². The van der Waals surface area contributed by atoms with E-state index in [1.165, 1.54) is 5.56 Å². The average Bonchev–Trinajstić information content (AvgIpc) is 3.87. The van der Waals surface area contributed by atoms with Crippen molar-refractivity contribution in [3.8, 4) is 17.2 Å². The van der Waals surface area contributed by atoms with Gasteiger partial charge in [0.2, 0.25) is 0 Å². The fourth-order valence-electron chi connectivity index (χ4n) is 10.3. The molecule has 0 spiro atoms. The smallest absolute Gasteiger partial charge is 0.303 e. The summed E-state index contributed by atoms with van der Waals surface area (Å²) in [6.07, 6.45) is 6.66. The molecule has 2 amide bonds. The number of methoxy groups -OCH3 is 1. The molecule has 72 heavy (non-hydrogen) atoms. The molecule has 1 N–H and O–H groups in total. The number of hydrogen-bond donors (Lipinski definition) is 1. The van der Waals surface area contributed by atoms with Gasteiger partial charge in [-0.2, -0.15) is 11.8 Å². The Hall–Kier alpha value is -6.35. The van der Waals surface area contributed by atoms with Crippen LogP contribution >= 0.6 is 11.8 Å². The van der Waals surface area contributed by atoms with E-state index in [4.69, 9.17) is 28.7 Å². The van der Waals surface area contributed by atoms with Crippen LogP contribution in [0, 0.1) is 6.92 Å². The van der Waals surface area contributed by atoms with Crippen LogP contribution in [0.2, 0.25) is 0 Å². The fourth-order valence-corrected chi connectivity index (χ4v) is 11.4. The van der Waals surface area contributed by atoms with Crippen molar-refractivity contribution in [2.45, 2.75) is 103 Å². The van der Waals surface area contributed by atoms with Crippen molar-refractivity contribution in [2.75, 3.05) is 67.1 Å². The zero-order valence-electron chi connectivity index (χ0n) is 42.1. The lowest BCUT2D eigenvalue weighted by molar-refractivity contribution is -0.137.